The zero-order valence-corrected chi connectivity index (χ0v) is 13.9. The van der Waals surface area contributed by atoms with Crippen molar-refractivity contribution >= 4 is 11.8 Å². The molecule has 1 aliphatic heterocycles. The highest BCUT2D eigenvalue weighted by Crippen LogP contribution is 2.24. The van der Waals surface area contributed by atoms with Crippen molar-refractivity contribution < 1.29 is 24.5 Å². The Morgan fingerprint density at radius 3 is 2.42 bits per heavy atom. The minimum absolute atomic E-state index is 0.0296. The number of carbonyl (C=O) groups excluding carboxylic acids is 2. The number of ether oxygens (including phenoxy) is 1. The van der Waals surface area contributed by atoms with Crippen molar-refractivity contribution in [3.63, 3.8) is 0 Å². The molecule has 0 radical (unpaired) electrons. The van der Waals surface area contributed by atoms with E-state index in [-0.39, 0.29) is 24.8 Å². The van der Waals surface area contributed by atoms with E-state index in [1.165, 1.54) is 6.92 Å². The maximum Gasteiger partial charge on any atom is 0.225 e. The van der Waals surface area contributed by atoms with Crippen molar-refractivity contribution in [3.05, 3.63) is 35.9 Å². The molecule has 4 atom stereocenters. The van der Waals surface area contributed by atoms with Gasteiger partial charge in [-0.05, 0) is 5.56 Å². The van der Waals surface area contributed by atoms with E-state index in [1.807, 2.05) is 30.3 Å². The Kier molecular flexibility index (Phi) is 6.30. The fourth-order valence-corrected chi connectivity index (χ4v) is 2.68. The van der Waals surface area contributed by atoms with Crippen LogP contribution in [0.15, 0.2) is 30.3 Å². The van der Waals surface area contributed by atoms with Crippen LogP contribution in [-0.2, 0) is 20.9 Å². The van der Waals surface area contributed by atoms with Gasteiger partial charge in [0.2, 0.25) is 11.8 Å². The summed E-state index contributed by atoms with van der Waals surface area (Å²) in [7, 11) is 1.68. The summed E-state index contributed by atoms with van der Waals surface area (Å²) in [5.41, 5.74) is 1.00. The van der Waals surface area contributed by atoms with Crippen LogP contribution in [0.3, 0.4) is 0 Å². The Hall–Kier alpha value is -1.96. The second-order valence-corrected chi connectivity index (χ2v) is 6.07. The second kappa shape index (κ2) is 8.23. The molecule has 3 N–H and O–H groups in total. The van der Waals surface area contributed by atoms with Gasteiger partial charge in [-0.15, -0.1) is 0 Å². The van der Waals surface area contributed by atoms with E-state index >= 15 is 0 Å². The third-order valence-corrected chi connectivity index (χ3v) is 4.08. The molecule has 2 amide bonds. The van der Waals surface area contributed by atoms with Gasteiger partial charge in [-0.25, -0.2) is 0 Å². The lowest BCUT2D eigenvalue weighted by Gasteiger charge is -2.21. The van der Waals surface area contributed by atoms with Crippen LogP contribution in [0.1, 0.15) is 18.9 Å². The molecule has 0 bridgehead atoms. The summed E-state index contributed by atoms with van der Waals surface area (Å²) in [6.45, 7) is 1.91. The summed E-state index contributed by atoms with van der Waals surface area (Å²) in [5, 5.41) is 22.6. The van der Waals surface area contributed by atoms with E-state index in [0.29, 0.717) is 6.54 Å². The smallest absolute Gasteiger partial charge is 0.225 e. The van der Waals surface area contributed by atoms with E-state index in [4.69, 9.17) is 4.74 Å². The molecule has 1 saturated heterocycles. The number of hydrogen-bond donors (Lipinski definition) is 3. The molecule has 2 rings (SSSR count). The summed E-state index contributed by atoms with van der Waals surface area (Å²) >= 11 is 0. The number of aliphatic hydroxyl groups is 2. The molecule has 0 saturated carbocycles. The number of rotatable bonds is 6. The van der Waals surface area contributed by atoms with E-state index in [9.17, 15) is 19.8 Å². The molecule has 7 heteroatoms. The van der Waals surface area contributed by atoms with Gasteiger partial charge in [0.05, 0.1) is 12.5 Å². The van der Waals surface area contributed by atoms with Crippen molar-refractivity contribution in [2.75, 3.05) is 13.6 Å². The predicted octanol–water partition coefficient (Wildman–Crippen LogP) is -0.340. The number of carbonyl (C=O) groups is 2. The zero-order chi connectivity index (χ0) is 17.7. The van der Waals surface area contributed by atoms with Gasteiger partial charge in [0.15, 0.2) is 0 Å². The van der Waals surface area contributed by atoms with Crippen molar-refractivity contribution in [2.45, 2.75) is 44.3 Å². The highest BCUT2D eigenvalue weighted by Gasteiger charge is 2.43. The average molecular weight is 336 g/mol. The maximum atomic E-state index is 12.3. The molecular weight excluding hydrogens is 312 g/mol. The molecular formula is C17H24N2O5. The van der Waals surface area contributed by atoms with Crippen LogP contribution in [0.5, 0.6) is 0 Å². The molecule has 24 heavy (non-hydrogen) atoms. The summed E-state index contributed by atoms with van der Waals surface area (Å²) in [4.78, 5) is 24.8. The number of nitrogens with zero attached hydrogens (tertiary/aromatic N) is 1. The van der Waals surface area contributed by atoms with Gasteiger partial charge in [-0.3, -0.25) is 9.59 Å². The first-order valence-corrected chi connectivity index (χ1v) is 7.92. The lowest BCUT2D eigenvalue weighted by molar-refractivity contribution is -0.134. The summed E-state index contributed by atoms with van der Waals surface area (Å²) in [6.07, 6.45) is -3.82. The van der Waals surface area contributed by atoms with Crippen molar-refractivity contribution in [2.24, 2.45) is 0 Å². The lowest BCUT2D eigenvalue weighted by Crippen LogP contribution is -2.39. The van der Waals surface area contributed by atoms with Crippen molar-refractivity contribution in [3.8, 4) is 0 Å². The van der Waals surface area contributed by atoms with Gasteiger partial charge in [-0.2, -0.15) is 0 Å². The molecule has 1 aromatic carbocycles. The van der Waals surface area contributed by atoms with E-state index in [0.717, 1.165) is 5.56 Å². The molecule has 1 aromatic rings. The normalized spacial score (nSPS) is 26.2. The minimum Gasteiger partial charge on any atom is -0.388 e. The fourth-order valence-electron chi connectivity index (χ4n) is 2.68. The summed E-state index contributed by atoms with van der Waals surface area (Å²) < 4.78 is 5.55. The quantitative estimate of drug-likeness (QED) is 0.660. The van der Waals surface area contributed by atoms with Crippen LogP contribution in [-0.4, -0.2) is 64.9 Å². The van der Waals surface area contributed by atoms with Crippen molar-refractivity contribution in [1.82, 2.24) is 10.2 Å². The number of aliphatic hydroxyl groups excluding tert-OH is 2. The van der Waals surface area contributed by atoms with Crippen molar-refractivity contribution in [1.29, 1.82) is 0 Å². The maximum absolute atomic E-state index is 12.3. The Bertz CT molecular complexity index is 565. The van der Waals surface area contributed by atoms with E-state index < -0.39 is 24.4 Å². The third-order valence-electron chi connectivity index (χ3n) is 4.08. The Labute approximate surface area is 141 Å². The van der Waals surface area contributed by atoms with E-state index in [2.05, 4.69) is 5.32 Å². The summed E-state index contributed by atoms with van der Waals surface area (Å²) in [6, 6.07) is 9.57. The standard InChI is InChI=1S/C17H24N2O5/c1-11(20)18-9-14-17(23)16(22)13(24-14)8-15(21)19(2)10-12-6-4-3-5-7-12/h3-7,13-14,16-17,22-23H,8-10H2,1-2H3,(H,18,20). The Balaban J connectivity index is 1.87. The van der Waals surface area contributed by atoms with Crippen LogP contribution >= 0.6 is 0 Å². The monoisotopic (exact) mass is 336 g/mol. The molecule has 0 aromatic heterocycles. The van der Waals surface area contributed by atoms with Gasteiger partial charge in [0, 0.05) is 27.1 Å². The van der Waals surface area contributed by atoms with Gasteiger partial charge in [0.25, 0.3) is 0 Å². The molecule has 0 spiro atoms. The number of amides is 2. The van der Waals surface area contributed by atoms with Crippen LogP contribution < -0.4 is 5.32 Å². The van der Waals surface area contributed by atoms with Crippen LogP contribution in [0.2, 0.25) is 0 Å². The molecule has 7 nitrogen and oxygen atoms in total. The Morgan fingerprint density at radius 1 is 1.17 bits per heavy atom. The fraction of sp³-hybridized carbons (Fsp3) is 0.529. The van der Waals surface area contributed by atoms with Crippen LogP contribution in [0.4, 0.5) is 0 Å². The molecule has 1 aliphatic rings. The van der Waals surface area contributed by atoms with Crippen LogP contribution in [0, 0.1) is 0 Å². The first-order chi connectivity index (χ1) is 11.4. The lowest BCUT2D eigenvalue weighted by atomic mass is 10.0. The topological polar surface area (TPSA) is 99.1 Å². The average Bonchev–Trinajstić information content (AvgIpc) is 2.81. The van der Waals surface area contributed by atoms with Gasteiger partial charge in [0.1, 0.15) is 18.3 Å². The third kappa shape index (κ3) is 4.77. The minimum atomic E-state index is -1.15. The SMILES string of the molecule is CC(=O)NCC1OC(CC(=O)N(C)Cc2ccccc2)C(O)C1O. The highest BCUT2D eigenvalue weighted by molar-refractivity contribution is 5.76. The molecule has 1 fully saturated rings. The summed E-state index contributed by atoms with van der Waals surface area (Å²) in [5.74, 6) is -0.433. The van der Waals surface area contributed by atoms with Crippen LogP contribution in [0.25, 0.3) is 0 Å². The predicted molar refractivity (Wildman–Crippen MR) is 86.9 cm³/mol. The first kappa shape index (κ1) is 18.4. The zero-order valence-electron chi connectivity index (χ0n) is 13.9. The number of hydrogen-bond acceptors (Lipinski definition) is 5. The van der Waals surface area contributed by atoms with Gasteiger partial charge in [-0.1, -0.05) is 30.3 Å². The number of nitrogens with one attached hydrogen (secondary N) is 1. The van der Waals surface area contributed by atoms with Gasteiger partial charge >= 0.3 is 0 Å². The van der Waals surface area contributed by atoms with Gasteiger partial charge < -0.3 is 25.2 Å². The highest BCUT2D eigenvalue weighted by atomic mass is 16.5. The number of benzene rings is 1. The first-order valence-electron chi connectivity index (χ1n) is 7.92. The molecule has 0 aliphatic carbocycles. The molecule has 1 heterocycles. The molecule has 4 unspecified atom stereocenters. The van der Waals surface area contributed by atoms with E-state index in [1.54, 1.807) is 11.9 Å². The largest absolute Gasteiger partial charge is 0.388 e. The molecule has 132 valence electrons. The second-order valence-electron chi connectivity index (χ2n) is 6.07. The Morgan fingerprint density at radius 2 is 1.79 bits per heavy atom.